The summed E-state index contributed by atoms with van der Waals surface area (Å²) in [4.78, 5) is 12.0. The standard InChI is InChI=1S/C16H16Cl2N2O4S/c1-19-16(21)12-8-11(24-2)4-6-15(12)20-25(22,23)9-10-3-5-13(17)14(18)7-10/h3-8,20H,9H2,1-2H3,(H,19,21). The zero-order chi connectivity index (χ0) is 18.6. The van der Waals surface area contributed by atoms with Crippen LogP contribution >= 0.6 is 23.2 Å². The smallest absolute Gasteiger partial charge is 0.253 e. The van der Waals surface area contributed by atoms with E-state index in [0.29, 0.717) is 16.3 Å². The first-order chi connectivity index (χ1) is 11.8. The minimum Gasteiger partial charge on any atom is -0.497 e. The predicted molar refractivity (Wildman–Crippen MR) is 99.1 cm³/mol. The second-order valence-corrected chi connectivity index (χ2v) is 7.64. The average Bonchev–Trinajstić information content (AvgIpc) is 2.57. The SMILES string of the molecule is CNC(=O)c1cc(OC)ccc1NS(=O)(=O)Cc1ccc(Cl)c(Cl)c1. The number of hydrogen-bond donors (Lipinski definition) is 2. The van der Waals surface area contributed by atoms with Gasteiger partial charge in [0.15, 0.2) is 0 Å². The first-order valence-corrected chi connectivity index (χ1v) is 9.51. The Morgan fingerprint density at radius 3 is 2.44 bits per heavy atom. The summed E-state index contributed by atoms with van der Waals surface area (Å²) in [5, 5.41) is 3.07. The third-order valence-electron chi connectivity index (χ3n) is 3.30. The number of nitrogens with one attached hydrogen (secondary N) is 2. The van der Waals surface area contributed by atoms with Crippen LogP contribution in [0.25, 0.3) is 0 Å². The van der Waals surface area contributed by atoms with E-state index < -0.39 is 15.9 Å². The van der Waals surface area contributed by atoms with Gasteiger partial charge in [0.25, 0.3) is 5.91 Å². The molecule has 0 unspecified atom stereocenters. The van der Waals surface area contributed by atoms with Crippen molar-refractivity contribution in [1.82, 2.24) is 5.32 Å². The van der Waals surface area contributed by atoms with Crippen molar-refractivity contribution >= 4 is 44.8 Å². The fraction of sp³-hybridized carbons (Fsp3) is 0.188. The van der Waals surface area contributed by atoms with Gasteiger partial charge in [0.05, 0.1) is 34.2 Å². The molecule has 0 heterocycles. The van der Waals surface area contributed by atoms with Gasteiger partial charge in [-0.2, -0.15) is 0 Å². The molecule has 0 fully saturated rings. The highest BCUT2D eigenvalue weighted by Crippen LogP contribution is 2.26. The number of carbonyl (C=O) groups excluding carboxylic acids is 1. The van der Waals surface area contributed by atoms with Crippen LogP contribution < -0.4 is 14.8 Å². The number of ether oxygens (including phenoxy) is 1. The number of benzene rings is 2. The van der Waals surface area contributed by atoms with Gasteiger partial charge in [-0.1, -0.05) is 29.3 Å². The number of amides is 1. The summed E-state index contributed by atoms with van der Waals surface area (Å²) in [6.07, 6.45) is 0. The Morgan fingerprint density at radius 1 is 1.12 bits per heavy atom. The van der Waals surface area contributed by atoms with Crippen LogP contribution in [-0.4, -0.2) is 28.5 Å². The lowest BCUT2D eigenvalue weighted by molar-refractivity contribution is 0.0963. The van der Waals surface area contributed by atoms with E-state index in [1.165, 1.54) is 38.4 Å². The number of rotatable bonds is 6. The van der Waals surface area contributed by atoms with Gasteiger partial charge in [0.1, 0.15) is 5.75 Å². The first kappa shape index (κ1) is 19.4. The Balaban J connectivity index is 2.30. The quantitative estimate of drug-likeness (QED) is 0.775. The van der Waals surface area contributed by atoms with Gasteiger partial charge in [0.2, 0.25) is 10.0 Å². The first-order valence-electron chi connectivity index (χ1n) is 7.10. The van der Waals surface area contributed by atoms with Gasteiger partial charge >= 0.3 is 0 Å². The summed E-state index contributed by atoms with van der Waals surface area (Å²) >= 11 is 11.7. The van der Waals surface area contributed by atoms with Gasteiger partial charge in [-0.3, -0.25) is 9.52 Å². The number of carbonyl (C=O) groups is 1. The predicted octanol–water partition coefficient (Wildman–Crippen LogP) is 3.30. The van der Waals surface area contributed by atoms with Gasteiger partial charge in [-0.05, 0) is 35.9 Å². The van der Waals surface area contributed by atoms with Crippen LogP contribution in [0.5, 0.6) is 5.75 Å². The molecule has 134 valence electrons. The summed E-state index contributed by atoms with van der Waals surface area (Å²) in [5.74, 6) is -0.319. The monoisotopic (exact) mass is 402 g/mol. The third-order valence-corrected chi connectivity index (χ3v) is 5.29. The zero-order valence-electron chi connectivity index (χ0n) is 13.5. The van der Waals surface area contributed by atoms with Gasteiger partial charge in [-0.25, -0.2) is 8.42 Å². The normalized spacial score (nSPS) is 11.0. The number of methoxy groups -OCH3 is 1. The number of anilines is 1. The van der Waals surface area contributed by atoms with Crippen molar-refractivity contribution in [3.63, 3.8) is 0 Å². The maximum absolute atomic E-state index is 12.4. The Labute approximate surface area is 156 Å². The van der Waals surface area contributed by atoms with Crippen molar-refractivity contribution in [3.8, 4) is 5.75 Å². The van der Waals surface area contributed by atoms with Crippen molar-refractivity contribution in [2.24, 2.45) is 0 Å². The minimum absolute atomic E-state index is 0.152. The number of hydrogen-bond acceptors (Lipinski definition) is 4. The van der Waals surface area contributed by atoms with Crippen LogP contribution in [0.1, 0.15) is 15.9 Å². The Kier molecular flexibility index (Phi) is 6.16. The largest absolute Gasteiger partial charge is 0.497 e. The Bertz CT molecular complexity index is 901. The van der Waals surface area contributed by atoms with Gasteiger partial charge in [0, 0.05) is 7.05 Å². The fourth-order valence-electron chi connectivity index (χ4n) is 2.11. The molecule has 2 rings (SSSR count). The Hall–Kier alpha value is -1.96. The molecular formula is C16H16Cl2N2O4S. The van der Waals surface area contributed by atoms with Crippen molar-refractivity contribution in [1.29, 1.82) is 0 Å². The van der Waals surface area contributed by atoms with E-state index in [4.69, 9.17) is 27.9 Å². The molecule has 0 spiro atoms. The molecule has 2 aromatic rings. The highest BCUT2D eigenvalue weighted by Gasteiger charge is 2.18. The van der Waals surface area contributed by atoms with E-state index >= 15 is 0 Å². The molecule has 25 heavy (non-hydrogen) atoms. The maximum atomic E-state index is 12.4. The maximum Gasteiger partial charge on any atom is 0.253 e. The van der Waals surface area contributed by atoms with Crippen LogP contribution in [0.2, 0.25) is 10.0 Å². The van der Waals surface area contributed by atoms with Crippen molar-refractivity contribution < 1.29 is 17.9 Å². The van der Waals surface area contributed by atoms with E-state index in [-0.39, 0.29) is 22.0 Å². The van der Waals surface area contributed by atoms with E-state index in [1.807, 2.05) is 0 Å². The molecule has 2 N–H and O–H groups in total. The molecule has 0 bridgehead atoms. The molecule has 0 aliphatic heterocycles. The molecule has 0 saturated heterocycles. The molecule has 0 aliphatic rings. The van der Waals surface area contributed by atoms with Crippen LogP contribution in [-0.2, 0) is 15.8 Å². The van der Waals surface area contributed by atoms with Gasteiger partial charge in [-0.15, -0.1) is 0 Å². The summed E-state index contributed by atoms with van der Waals surface area (Å²) in [5.41, 5.74) is 0.775. The van der Waals surface area contributed by atoms with E-state index in [9.17, 15) is 13.2 Å². The number of sulfonamides is 1. The van der Waals surface area contributed by atoms with Crippen LogP contribution in [0.3, 0.4) is 0 Å². The molecule has 1 amide bonds. The molecule has 9 heteroatoms. The second kappa shape index (κ2) is 7.95. The lowest BCUT2D eigenvalue weighted by Gasteiger charge is -2.13. The highest BCUT2D eigenvalue weighted by molar-refractivity contribution is 7.91. The molecule has 0 saturated carbocycles. The molecule has 0 aromatic heterocycles. The Morgan fingerprint density at radius 2 is 1.84 bits per heavy atom. The molecular weight excluding hydrogens is 387 g/mol. The van der Waals surface area contributed by atoms with Crippen LogP contribution in [0.4, 0.5) is 5.69 Å². The van der Waals surface area contributed by atoms with Crippen molar-refractivity contribution in [2.75, 3.05) is 18.9 Å². The number of halogens is 2. The van der Waals surface area contributed by atoms with Gasteiger partial charge < -0.3 is 10.1 Å². The molecule has 0 atom stereocenters. The molecule has 0 radical (unpaired) electrons. The lowest BCUT2D eigenvalue weighted by Crippen LogP contribution is -2.22. The fourth-order valence-corrected chi connectivity index (χ4v) is 3.64. The molecule has 2 aromatic carbocycles. The van der Waals surface area contributed by atoms with Crippen LogP contribution in [0.15, 0.2) is 36.4 Å². The summed E-state index contributed by atoms with van der Waals surface area (Å²) in [7, 11) is -0.864. The molecule has 6 nitrogen and oxygen atoms in total. The van der Waals surface area contributed by atoms with E-state index in [1.54, 1.807) is 12.1 Å². The molecule has 0 aliphatic carbocycles. The van der Waals surface area contributed by atoms with Crippen LogP contribution in [0, 0.1) is 0 Å². The average molecular weight is 403 g/mol. The summed E-state index contributed by atoms with van der Waals surface area (Å²) < 4.78 is 32.4. The lowest BCUT2D eigenvalue weighted by atomic mass is 10.1. The third kappa shape index (κ3) is 5.01. The zero-order valence-corrected chi connectivity index (χ0v) is 15.8. The minimum atomic E-state index is -3.77. The summed E-state index contributed by atoms with van der Waals surface area (Å²) in [6, 6.07) is 9.06. The van der Waals surface area contributed by atoms with E-state index in [0.717, 1.165) is 0 Å². The van der Waals surface area contributed by atoms with E-state index in [2.05, 4.69) is 10.0 Å². The van der Waals surface area contributed by atoms with Crippen molar-refractivity contribution in [2.45, 2.75) is 5.75 Å². The van der Waals surface area contributed by atoms with Crippen molar-refractivity contribution in [3.05, 3.63) is 57.6 Å². The summed E-state index contributed by atoms with van der Waals surface area (Å²) in [6.45, 7) is 0. The topological polar surface area (TPSA) is 84.5 Å². The second-order valence-electron chi connectivity index (χ2n) is 5.10. The highest BCUT2D eigenvalue weighted by atomic mass is 35.5.